The quantitative estimate of drug-likeness (QED) is 0.608. The first-order chi connectivity index (χ1) is 14.3. The summed E-state index contributed by atoms with van der Waals surface area (Å²) in [6.45, 7) is 1.11. The van der Waals surface area contributed by atoms with Gasteiger partial charge >= 0.3 is 6.18 Å². The van der Waals surface area contributed by atoms with Crippen LogP contribution in [-0.4, -0.2) is 23.4 Å². The van der Waals surface area contributed by atoms with Gasteiger partial charge in [0.15, 0.2) is 0 Å². The lowest BCUT2D eigenvalue weighted by Crippen LogP contribution is -2.33. The van der Waals surface area contributed by atoms with Gasteiger partial charge in [-0.25, -0.2) is 0 Å². The number of hydrogen-bond donors (Lipinski definition) is 0. The van der Waals surface area contributed by atoms with Crippen molar-refractivity contribution in [1.29, 1.82) is 0 Å². The Morgan fingerprint density at radius 3 is 2.67 bits per heavy atom. The summed E-state index contributed by atoms with van der Waals surface area (Å²) in [5, 5.41) is 3.99. The molecule has 0 spiro atoms. The number of fused-ring (bicyclic) bond motifs is 1. The van der Waals surface area contributed by atoms with Crippen LogP contribution in [0.1, 0.15) is 16.7 Å². The predicted molar refractivity (Wildman–Crippen MR) is 108 cm³/mol. The number of halogens is 4. The zero-order chi connectivity index (χ0) is 21.5. The summed E-state index contributed by atoms with van der Waals surface area (Å²) >= 11 is 6.34. The fourth-order valence-electron chi connectivity index (χ4n) is 3.61. The van der Waals surface area contributed by atoms with Crippen LogP contribution in [0.15, 0.2) is 53.5 Å². The normalized spacial score (nSPS) is 13.8. The number of aromatic nitrogens is 2. The molecule has 156 valence electrons. The van der Waals surface area contributed by atoms with Gasteiger partial charge in [-0.1, -0.05) is 29.8 Å². The molecule has 0 bridgehead atoms. The average Bonchev–Trinajstić information content (AvgIpc) is 2.74. The Hall–Kier alpha value is -3.00. The van der Waals surface area contributed by atoms with E-state index < -0.39 is 17.3 Å². The largest absolute Gasteiger partial charge is 0.496 e. The van der Waals surface area contributed by atoms with E-state index in [0.717, 1.165) is 33.7 Å². The van der Waals surface area contributed by atoms with Gasteiger partial charge in [-0.15, -0.1) is 0 Å². The molecule has 0 atom stereocenters. The Bertz CT molecular complexity index is 1160. The zero-order valence-corrected chi connectivity index (χ0v) is 16.7. The van der Waals surface area contributed by atoms with Crippen molar-refractivity contribution < 1.29 is 17.9 Å². The van der Waals surface area contributed by atoms with Crippen LogP contribution in [-0.2, 0) is 19.1 Å². The first-order valence-electron chi connectivity index (χ1n) is 9.15. The standard InChI is InChI=1S/C21H17ClF3N3O2/c1-30-18-7-2-4-13-12-27(9-8-16(13)18)17-11-26-28(20(29)19(17)22)15-6-3-5-14(10-15)21(23,24)25/h2-7,10-11H,8-9,12H2,1H3. The number of ether oxygens (including phenoxy) is 1. The first kappa shape index (κ1) is 20.3. The Morgan fingerprint density at radius 1 is 1.17 bits per heavy atom. The van der Waals surface area contributed by atoms with Crippen LogP contribution in [0.3, 0.4) is 0 Å². The molecule has 5 nitrogen and oxygen atoms in total. The summed E-state index contributed by atoms with van der Waals surface area (Å²) in [6, 6.07) is 10.2. The molecule has 9 heteroatoms. The molecule has 0 amide bonds. The maximum absolute atomic E-state index is 13.0. The van der Waals surface area contributed by atoms with E-state index in [0.29, 0.717) is 25.2 Å². The van der Waals surface area contributed by atoms with Crippen molar-refractivity contribution in [3.05, 3.63) is 80.7 Å². The SMILES string of the molecule is COc1cccc2c1CCN(c1cnn(-c3cccc(C(F)(F)F)c3)c(=O)c1Cl)C2. The lowest BCUT2D eigenvalue weighted by atomic mass is 9.98. The molecule has 3 aromatic rings. The molecule has 1 aliphatic heterocycles. The predicted octanol–water partition coefficient (Wildman–Crippen LogP) is 4.48. The zero-order valence-electron chi connectivity index (χ0n) is 15.9. The summed E-state index contributed by atoms with van der Waals surface area (Å²) in [7, 11) is 1.62. The molecule has 1 aromatic heterocycles. The van der Waals surface area contributed by atoms with Crippen LogP contribution in [0.4, 0.5) is 18.9 Å². The van der Waals surface area contributed by atoms with Crippen molar-refractivity contribution in [2.45, 2.75) is 19.1 Å². The van der Waals surface area contributed by atoms with Crippen molar-refractivity contribution >= 4 is 17.3 Å². The molecule has 0 saturated heterocycles. The molecule has 0 saturated carbocycles. The van der Waals surface area contributed by atoms with Crippen LogP contribution < -0.4 is 15.2 Å². The average molecular weight is 436 g/mol. The minimum atomic E-state index is -4.52. The van der Waals surface area contributed by atoms with Gasteiger partial charge < -0.3 is 9.64 Å². The highest BCUT2D eigenvalue weighted by Gasteiger charge is 2.31. The molecule has 2 heterocycles. The number of methoxy groups -OCH3 is 1. The highest BCUT2D eigenvalue weighted by molar-refractivity contribution is 6.33. The van der Waals surface area contributed by atoms with Gasteiger partial charge in [-0.3, -0.25) is 4.79 Å². The van der Waals surface area contributed by atoms with Gasteiger partial charge in [-0.05, 0) is 36.2 Å². The monoisotopic (exact) mass is 435 g/mol. The van der Waals surface area contributed by atoms with Gasteiger partial charge in [-0.2, -0.15) is 23.0 Å². The fourth-order valence-corrected chi connectivity index (χ4v) is 3.86. The molecule has 4 rings (SSSR count). The number of rotatable bonds is 3. The van der Waals surface area contributed by atoms with E-state index in [4.69, 9.17) is 16.3 Å². The van der Waals surface area contributed by atoms with Gasteiger partial charge in [0.1, 0.15) is 10.8 Å². The van der Waals surface area contributed by atoms with Gasteiger partial charge in [0.05, 0.1) is 30.2 Å². The second-order valence-corrected chi connectivity index (χ2v) is 7.26. The number of benzene rings is 2. The maximum Gasteiger partial charge on any atom is 0.416 e. The smallest absolute Gasteiger partial charge is 0.416 e. The second kappa shape index (κ2) is 7.68. The minimum Gasteiger partial charge on any atom is -0.496 e. The van der Waals surface area contributed by atoms with Crippen LogP contribution in [0.2, 0.25) is 5.02 Å². The van der Waals surface area contributed by atoms with E-state index in [1.807, 2.05) is 23.1 Å². The van der Waals surface area contributed by atoms with Crippen molar-refractivity contribution in [2.75, 3.05) is 18.6 Å². The summed E-state index contributed by atoms with van der Waals surface area (Å²) in [4.78, 5) is 14.7. The van der Waals surface area contributed by atoms with Crippen LogP contribution >= 0.6 is 11.6 Å². The van der Waals surface area contributed by atoms with E-state index >= 15 is 0 Å². The highest BCUT2D eigenvalue weighted by Crippen LogP contribution is 2.33. The van der Waals surface area contributed by atoms with E-state index in [1.54, 1.807) is 7.11 Å². The molecule has 0 aliphatic carbocycles. The molecule has 30 heavy (non-hydrogen) atoms. The lowest BCUT2D eigenvalue weighted by molar-refractivity contribution is -0.137. The Labute approximate surface area is 175 Å². The third kappa shape index (κ3) is 3.63. The first-order valence-corrected chi connectivity index (χ1v) is 9.52. The molecule has 0 radical (unpaired) electrons. The molecule has 1 aliphatic rings. The van der Waals surface area contributed by atoms with Crippen molar-refractivity contribution in [2.24, 2.45) is 0 Å². The van der Waals surface area contributed by atoms with E-state index in [1.165, 1.54) is 18.3 Å². The van der Waals surface area contributed by atoms with E-state index in [-0.39, 0.29) is 10.7 Å². The summed E-state index contributed by atoms with van der Waals surface area (Å²) in [5.74, 6) is 0.816. The van der Waals surface area contributed by atoms with Crippen molar-refractivity contribution in [1.82, 2.24) is 9.78 Å². The minimum absolute atomic E-state index is 0.00278. The highest BCUT2D eigenvalue weighted by atomic mass is 35.5. The fraction of sp³-hybridized carbons (Fsp3) is 0.238. The van der Waals surface area contributed by atoms with Crippen LogP contribution in [0, 0.1) is 0 Å². The number of nitrogens with zero attached hydrogens (tertiary/aromatic N) is 3. The Morgan fingerprint density at radius 2 is 1.93 bits per heavy atom. The molecule has 0 fully saturated rings. The molecule has 0 N–H and O–H groups in total. The third-order valence-corrected chi connectivity index (χ3v) is 5.46. The van der Waals surface area contributed by atoms with Gasteiger partial charge in [0, 0.05) is 18.7 Å². The number of hydrogen-bond acceptors (Lipinski definition) is 4. The van der Waals surface area contributed by atoms with E-state index in [2.05, 4.69) is 5.10 Å². The van der Waals surface area contributed by atoms with E-state index in [9.17, 15) is 18.0 Å². The van der Waals surface area contributed by atoms with Gasteiger partial charge in [0.25, 0.3) is 5.56 Å². The van der Waals surface area contributed by atoms with Crippen molar-refractivity contribution in [3.63, 3.8) is 0 Å². The summed E-state index contributed by atoms with van der Waals surface area (Å²) < 4.78 is 45.3. The molecule has 0 unspecified atom stereocenters. The number of alkyl halides is 3. The summed E-state index contributed by atoms with van der Waals surface area (Å²) in [5.41, 5.74) is 1.06. The molecular formula is C21H17ClF3N3O2. The summed E-state index contributed by atoms with van der Waals surface area (Å²) in [6.07, 6.45) is -2.41. The second-order valence-electron chi connectivity index (χ2n) is 6.88. The van der Waals surface area contributed by atoms with Gasteiger partial charge in [0.2, 0.25) is 0 Å². The third-order valence-electron chi connectivity index (χ3n) is 5.10. The number of anilines is 1. The molecule has 2 aromatic carbocycles. The van der Waals surface area contributed by atoms with Crippen molar-refractivity contribution in [3.8, 4) is 11.4 Å². The topological polar surface area (TPSA) is 47.4 Å². The lowest BCUT2D eigenvalue weighted by Gasteiger charge is -2.31. The Kier molecular flexibility index (Phi) is 5.19. The maximum atomic E-state index is 13.0. The Balaban J connectivity index is 1.68. The van der Waals surface area contributed by atoms with Crippen LogP contribution in [0.25, 0.3) is 5.69 Å². The molecular weight excluding hydrogens is 419 g/mol. The van der Waals surface area contributed by atoms with Crippen LogP contribution in [0.5, 0.6) is 5.75 Å².